The van der Waals surface area contributed by atoms with Gasteiger partial charge in [-0.2, -0.15) is 0 Å². The Morgan fingerprint density at radius 1 is 1.26 bits per heavy atom. The molecule has 0 aliphatic carbocycles. The first kappa shape index (κ1) is 12.8. The molecule has 0 radical (unpaired) electrons. The number of nitrogens with zero attached hydrogens (tertiary/aromatic N) is 1. The van der Waals surface area contributed by atoms with Crippen LogP contribution in [0.1, 0.15) is 16.8 Å². The van der Waals surface area contributed by atoms with E-state index in [4.69, 9.17) is 4.74 Å². The Morgan fingerprint density at radius 3 is 2.89 bits per heavy atom. The van der Waals surface area contributed by atoms with Crippen LogP contribution in [0.5, 0.6) is 0 Å². The Bertz CT molecular complexity index is 572. The summed E-state index contributed by atoms with van der Waals surface area (Å²) in [6, 6.07) is 8.11. The largest absolute Gasteiger partial charge is 0.379 e. The average molecular weight is 275 g/mol. The van der Waals surface area contributed by atoms with Crippen LogP contribution in [-0.2, 0) is 4.74 Å². The zero-order valence-corrected chi connectivity index (χ0v) is 11.6. The van der Waals surface area contributed by atoms with Gasteiger partial charge in [0.15, 0.2) is 5.78 Å². The molecule has 0 bridgehead atoms. The smallest absolute Gasteiger partial charge is 0.165 e. The van der Waals surface area contributed by atoms with Gasteiger partial charge in [-0.3, -0.25) is 9.69 Å². The molecule has 3 nitrogen and oxygen atoms in total. The number of thiophene rings is 1. The van der Waals surface area contributed by atoms with Crippen molar-refractivity contribution in [3.05, 3.63) is 35.2 Å². The van der Waals surface area contributed by atoms with Crippen LogP contribution in [0.2, 0.25) is 0 Å². The molecule has 1 aromatic carbocycles. The lowest BCUT2D eigenvalue weighted by atomic mass is 10.1. The van der Waals surface area contributed by atoms with Gasteiger partial charge in [-0.15, -0.1) is 11.3 Å². The van der Waals surface area contributed by atoms with Crippen molar-refractivity contribution in [3.8, 4) is 0 Å². The molecule has 1 saturated heterocycles. The zero-order chi connectivity index (χ0) is 13.1. The molecule has 1 aromatic heterocycles. The molecule has 1 aliphatic heterocycles. The van der Waals surface area contributed by atoms with E-state index in [1.807, 2.05) is 23.6 Å². The van der Waals surface area contributed by atoms with Crippen LogP contribution < -0.4 is 0 Å². The standard InChI is InChI=1S/C15H17NO2S/c17-14(5-6-16-7-9-18-10-8-16)13-11-19-15-4-2-1-3-12(13)15/h1-4,11H,5-10H2. The monoisotopic (exact) mass is 275 g/mol. The summed E-state index contributed by atoms with van der Waals surface area (Å²) in [5, 5.41) is 3.09. The minimum atomic E-state index is 0.254. The van der Waals surface area contributed by atoms with Gasteiger partial charge in [0.05, 0.1) is 13.2 Å². The van der Waals surface area contributed by atoms with Crippen molar-refractivity contribution in [3.63, 3.8) is 0 Å². The molecule has 0 atom stereocenters. The quantitative estimate of drug-likeness (QED) is 0.804. The summed E-state index contributed by atoms with van der Waals surface area (Å²) in [5.74, 6) is 0.254. The van der Waals surface area contributed by atoms with Gasteiger partial charge in [0.25, 0.3) is 0 Å². The fourth-order valence-corrected chi connectivity index (χ4v) is 3.38. The fraction of sp³-hybridized carbons (Fsp3) is 0.400. The molecule has 0 saturated carbocycles. The third-order valence-electron chi connectivity index (χ3n) is 3.54. The lowest BCUT2D eigenvalue weighted by molar-refractivity contribution is 0.0370. The first-order valence-electron chi connectivity index (χ1n) is 6.64. The van der Waals surface area contributed by atoms with E-state index in [1.165, 1.54) is 4.70 Å². The molecular weight excluding hydrogens is 258 g/mol. The van der Waals surface area contributed by atoms with Crippen LogP contribution in [0.3, 0.4) is 0 Å². The molecule has 0 spiro atoms. The third kappa shape index (κ3) is 2.86. The summed E-state index contributed by atoms with van der Waals surface area (Å²) in [7, 11) is 0. The highest BCUT2D eigenvalue weighted by Gasteiger charge is 2.15. The normalized spacial score (nSPS) is 16.8. The first-order valence-corrected chi connectivity index (χ1v) is 7.52. The average Bonchev–Trinajstić information content (AvgIpc) is 2.90. The maximum Gasteiger partial charge on any atom is 0.165 e. The molecule has 4 heteroatoms. The topological polar surface area (TPSA) is 29.5 Å². The van der Waals surface area contributed by atoms with E-state index in [2.05, 4.69) is 11.0 Å². The number of hydrogen-bond donors (Lipinski definition) is 0. The van der Waals surface area contributed by atoms with E-state index in [-0.39, 0.29) is 5.78 Å². The zero-order valence-electron chi connectivity index (χ0n) is 10.8. The molecule has 1 aliphatic rings. The maximum absolute atomic E-state index is 12.3. The van der Waals surface area contributed by atoms with E-state index in [9.17, 15) is 4.79 Å². The lowest BCUT2D eigenvalue weighted by Crippen LogP contribution is -2.37. The summed E-state index contributed by atoms with van der Waals surface area (Å²) in [5.41, 5.74) is 0.883. The fourth-order valence-electron chi connectivity index (χ4n) is 2.41. The summed E-state index contributed by atoms with van der Waals surface area (Å²) in [6.07, 6.45) is 0.598. The number of rotatable bonds is 4. The number of benzene rings is 1. The Morgan fingerprint density at radius 2 is 2.05 bits per heavy atom. The molecule has 2 heterocycles. The van der Waals surface area contributed by atoms with Gasteiger partial charge >= 0.3 is 0 Å². The summed E-state index contributed by atoms with van der Waals surface area (Å²) in [6.45, 7) is 4.30. The Balaban J connectivity index is 1.66. The minimum absolute atomic E-state index is 0.254. The molecule has 0 N–H and O–H groups in total. The summed E-state index contributed by atoms with van der Waals surface area (Å²) in [4.78, 5) is 14.6. The van der Waals surface area contributed by atoms with E-state index in [0.717, 1.165) is 43.8 Å². The number of carbonyl (C=O) groups excluding carboxylic acids is 1. The van der Waals surface area contributed by atoms with Crippen molar-refractivity contribution in [2.45, 2.75) is 6.42 Å². The molecule has 2 aromatic rings. The van der Waals surface area contributed by atoms with E-state index >= 15 is 0 Å². The second-order valence-corrected chi connectivity index (χ2v) is 5.68. The molecule has 1 fully saturated rings. The van der Waals surface area contributed by atoms with Crippen LogP contribution in [0.15, 0.2) is 29.6 Å². The highest BCUT2D eigenvalue weighted by molar-refractivity contribution is 7.17. The van der Waals surface area contributed by atoms with Crippen molar-refractivity contribution >= 4 is 27.2 Å². The van der Waals surface area contributed by atoms with Crippen molar-refractivity contribution in [1.82, 2.24) is 4.90 Å². The van der Waals surface area contributed by atoms with Crippen LogP contribution in [0.4, 0.5) is 0 Å². The van der Waals surface area contributed by atoms with Gasteiger partial charge in [0.1, 0.15) is 0 Å². The molecule has 3 rings (SSSR count). The number of ketones is 1. The SMILES string of the molecule is O=C(CCN1CCOCC1)c1csc2ccccc12. The third-order valence-corrected chi connectivity index (χ3v) is 4.50. The number of fused-ring (bicyclic) bond motifs is 1. The summed E-state index contributed by atoms with van der Waals surface area (Å²) < 4.78 is 6.50. The molecule has 19 heavy (non-hydrogen) atoms. The first-order chi connectivity index (χ1) is 9.34. The predicted molar refractivity (Wildman–Crippen MR) is 78.0 cm³/mol. The number of ether oxygens (including phenoxy) is 1. The van der Waals surface area contributed by atoms with Crippen molar-refractivity contribution < 1.29 is 9.53 Å². The molecule has 100 valence electrons. The van der Waals surface area contributed by atoms with Crippen molar-refractivity contribution in [2.75, 3.05) is 32.8 Å². The van der Waals surface area contributed by atoms with Gasteiger partial charge < -0.3 is 4.74 Å². The number of hydrogen-bond acceptors (Lipinski definition) is 4. The van der Waals surface area contributed by atoms with Crippen LogP contribution in [0, 0.1) is 0 Å². The molecular formula is C15H17NO2S. The number of carbonyl (C=O) groups is 1. The molecule has 0 amide bonds. The summed E-state index contributed by atoms with van der Waals surface area (Å²) >= 11 is 1.65. The van der Waals surface area contributed by atoms with E-state index in [0.29, 0.717) is 6.42 Å². The van der Waals surface area contributed by atoms with E-state index < -0.39 is 0 Å². The second kappa shape index (κ2) is 5.82. The second-order valence-electron chi connectivity index (χ2n) is 4.77. The minimum Gasteiger partial charge on any atom is -0.379 e. The number of morpholine rings is 1. The van der Waals surface area contributed by atoms with E-state index in [1.54, 1.807) is 11.3 Å². The van der Waals surface area contributed by atoms with Gasteiger partial charge in [-0.05, 0) is 6.07 Å². The van der Waals surface area contributed by atoms with Gasteiger partial charge in [-0.25, -0.2) is 0 Å². The van der Waals surface area contributed by atoms with Gasteiger partial charge in [0, 0.05) is 47.1 Å². The Hall–Kier alpha value is -1.23. The Kier molecular flexibility index (Phi) is 3.92. The molecule has 0 unspecified atom stereocenters. The van der Waals surface area contributed by atoms with Gasteiger partial charge in [-0.1, -0.05) is 18.2 Å². The predicted octanol–water partition coefficient (Wildman–Crippen LogP) is 2.81. The maximum atomic E-state index is 12.3. The van der Waals surface area contributed by atoms with Gasteiger partial charge in [0.2, 0.25) is 0 Å². The van der Waals surface area contributed by atoms with Crippen LogP contribution in [0.25, 0.3) is 10.1 Å². The number of Topliss-reactive ketones (excluding diaryl/α,β-unsaturated/α-hetero) is 1. The van der Waals surface area contributed by atoms with Crippen molar-refractivity contribution in [1.29, 1.82) is 0 Å². The highest BCUT2D eigenvalue weighted by Crippen LogP contribution is 2.26. The highest BCUT2D eigenvalue weighted by atomic mass is 32.1. The van der Waals surface area contributed by atoms with Crippen molar-refractivity contribution in [2.24, 2.45) is 0 Å². The Labute approximate surface area is 116 Å². The van der Waals surface area contributed by atoms with Crippen LogP contribution in [-0.4, -0.2) is 43.5 Å². The lowest BCUT2D eigenvalue weighted by Gasteiger charge is -2.26. The van der Waals surface area contributed by atoms with Crippen LogP contribution >= 0.6 is 11.3 Å².